The molecule has 0 aliphatic heterocycles. The van der Waals surface area contributed by atoms with Crippen molar-refractivity contribution >= 4 is 16.9 Å². The number of benzene rings is 1. The third-order valence-corrected chi connectivity index (χ3v) is 2.53. The third-order valence-electron chi connectivity index (χ3n) is 2.53. The van der Waals surface area contributed by atoms with E-state index in [1.807, 2.05) is 24.3 Å². The van der Waals surface area contributed by atoms with Crippen LogP contribution in [0.15, 0.2) is 30.5 Å². The minimum Gasteiger partial charge on any atom is -0.476 e. The molecule has 0 aliphatic carbocycles. The number of hydrogen-bond acceptors (Lipinski definition) is 1. The summed E-state index contributed by atoms with van der Waals surface area (Å²) in [5.41, 5.74) is 1.84. The predicted molar refractivity (Wildman–Crippen MR) is 60.0 cm³/mol. The number of para-hydroxylation sites is 1. The van der Waals surface area contributed by atoms with Gasteiger partial charge < -0.3 is 14.9 Å². The highest BCUT2D eigenvalue weighted by atomic mass is 16.4. The first-order valence-electron chi connectivity index (χ1n) is 4.86. The van der Waals surface area contributed by atoms with Crippen LogP contribution < -0.4 is 0 Å². The van der Waals surface area contributed by atoms with Gasteiger partial charge in [-0.2, -0.15) is 0 Å². The molecule has 0 spiro atoms. The summed E-state index contributed by atoms with van der Waals surface area (Å²) in [5.74, 6) is -1.07. The number of aromatic amines is 1. The summed E-state index contributed by atoms with van der Waals surface area (Å²) in [7, 11) is 0. The van der Waals surface area contributed by atoms with Gasteiger partial charge in [0.1, 0.15) is 0 Å². The summed E-state index contributed by atoms with van der Waals surface area (Å²) >= 11 is 0. The van der Waals surface area contributed by atoms with Crippen LogP contribution in [0.1, 0.15) is 5.56 Å². The van der Waals surface area contributed by atoms with Crippen LogP contribution in [0.25, 0.3) is 15.7 Å². The Morgan fingerprint density at radius 1 is 1.50 bits per heavy atom. The molecule has 16 heavy (non-hydrogen) atoms. The van der Waals surface area contributed by atoms with Gasteiger partial charge in [0.25, 0.3) is 0 Å². The molecule has 4 heteroatoms. The van der Waals surface area contributed by atoms with Crippen molar-refractivity contribution < 1.29 is 9.90 Å². The Morgan fingerprint density at radius 2 is 2.25 bits per heavy atom. The normalized spacial score (nSPS) is 12.2. The van der Waals surface area contributed by atoms with Gasteiger partial charge in [0, 0.05) is 17.1 Å². The van der Waals surface area contributed by atoms with Gasteiger partial charge >= 0.3 is 12.0 Å². The molecular weight excluding hydrogens is 204 g/mol. The zero-order valence-corrected chi connectivity index (χ0v) is 8.47. The quantitative estimate of drug-likeness (QED) is 0.768. The molecule has 1 atom stereocenters. The average molecular weight is 214 g/mol. The lowest BCUT2D eigenvalue weighted by molar-refractivity contribution is -0.137. The summed E-state index contributed by atoms with van der Waals surface area (Å²) in [6, 6.07) is 6.65. The van der Waals surface area contributed by atoms with Crippen LogP contribution in [0.4, 0.5) is 0 Å². The van der Waals surface area contributed by atoms with Crippen LogP contribution in [0.2, 0.25) is 0 Å². The van der Waals surface area contributed by atoms with Crippen molar-refractivity contribution in [2.24, 2.45) is 0 Å². The maximum atomic E-state index is 10.8. The minimum absolute atomic E-state index is 0.239. The lowest BCUT2D eigenvalue weighted by atomic mass is 10.1. The number of aromatic nitrogens is 1. The maximum Gasteiger partial charge on any atom is 0.388 e. The van der Waals surface area contributed by atoms with Gasteiger partial charge in [0.05, 0.1) is 6.42 Å². The highest BCUT2D eigenvalue weighted by molar-refractivity contribution is 5.84. The van der Waals surface area contributed by atoms with Crippen molar-refractivity contribution in [2.45, 2.75) is 12.5 Å². The van der Waals surface area contributed by atoms with E-state index in [9.17, 15) is 4.79 Å². The van der Waals surface area contributed by atoms with Crippen LogP contribution >= 0.6 is 0 Å². The van der Waals surface area contributed by atoms with Crippen molar-refractivity contribution in [1.29, 1.82) is 0 Å². The number of H-pyrrole nitrogens is 1. The highest BCUT2D eigenvalue weighted by Crippen LogP contribution is 2.19. The van der Waals surface area contributed by atoms with Crippen LogP contribution in [0.3, 0.4) is 0 Å². The lowest BCUT2D eigenvalue weighted by Gasteiger charge is -1.99. The van der Waals surface area contributed by atoms with Gasteiger partial charge in [-0.05, 0) is 11.6 Å². The molecule has 0 saturated heterocycles. The van der Waals surface area contributed by atoms with Crippen molar-refractivity contribution in [1.82, 2.24) is 4.98 Å². The van der Waals surface area contributed by atoms with E-state index in [1.54, 1.807) is 6.20 Å². The number of rotatable bonds is 3. The molecule has 1 heterocycles. The highest BCUT2D eigenvalue weighted by Gasteiger charge is 2.23. The fourth-order valence-electron chi connectivity index (χ4n) is 1.70. The SMILES string of the molecule is [C-]#[N+]C(Cc1c[nH]c2ccccc12)C(=O)O. The van der Waals surface area contributed by atoms with Crippen LogP contribution in [0.5, 0.6) is 0 Å². The zero-order chi connectivity index (χ0) is 11.5. The van der Waals surface area contributed by atoms with E-state index >= 15 is 0 Å². The van der Waals surface area contributed by atoms with Crippen molar-refractivity contribution in [3.05, 3.63) is 47.4 Å². The summed E-state index contributed by atoms with van der Waals surface area (Å²) in [4.78, 5) is 16.9. The zero-order valence-electron chi connectivity index (χ0n) is 8.47. The van der Waals surface area contributed by atoms with Crippen LogP contribution in [0, 0.1) is 6.57 Å². The standard InChI is InChI=1S/C12H10N2O2/c1-13-11(12(15)16)6-8-7-14-10-5-3-2-4-9(8)10/h2-5,7,11,14H,6H2,(H,15,16). The molecule has 2 rings (SSSR count). The first-order chi connectivity index (χ1) is 7.72. The van der Waals surface area contributed by atoms with Gasteiger partial charge in [-0.3, -0.25) is 0 Å². The number of hydrogen-bond donors (Lipinski definition) is 2. The molecule has 0 amide bonds. The lowest BCUT2D eigenvalue weighted by Crippen LogP contribution is -2.18. The first kappa shape index (κ1) is 10.2. The van der Waals surface area contributed by atoms with Crippen molar-refractivity contribution in [2.75, 3.05) is 0 Å². The van der Waals surface area contributed by atoms with E-state index in [4.69, 9.17) is 11.7 Å². The van der Waals surface area contributed by atoms with E-state index < -0.39 is 12.0 Å². The number of carbonyl (C=O) groups is 1. The van der Waals surface area contributed by atoms with E-state index in [0.717, 1.165) is 16.5 Å². The maximum absolute atomic E-state index is 10.8. The number of nitrogens with zero attached hydrogens (tertiary/aromatic N) is 1. The van der Waals surface area contributed by atoms with Gasteiger partial charge in [-0.1, -0.05) is 18.2 Å². The number of aliphatic carboxylic acids is 1. The van der Waals surface area contributed by atoms with Crippen LogP contribution in [-0.2, 0) is 11.2 Å². The Labute approximate surface area is 92.3 Å². The Bertz CT molecular complexity index is 566. The molecule has 0 radical (unpaired) electrons. The number of fused-ring (bicyclic) bond motifs is 1. The van der Waals surface area contributed by atoms with Gasteiger partial charge in [0.2, 0.25) is 0 Å². The van der Waals surface area contributed by atoms with Gasteiger partial charge in [-0.25, -0.2) is 11.4 Å². The molecule has 4 nitrogen and oxygen atoms in total. The molecule has 2 aromatic rings. The van der Waals surface area contributed by atoms with Gasteiger partial charge in [0.15, 0.2) is 0 Å². The molecule has 0 aliphatic rings. The fourth-order valence-corrected chi connectivity index (χ4v) is 1.70. The Kier molecular flexibility index (Phi) is 2.61. The second kappa shape index (κ2) is 4.07. The fraction of sp³-hybridized carbons (Fsp3) is 0.167. The predicted octanol–water partition coefficient (Wildman–Crippen LogP) is 2.08. The van der Waals surface area contributed by atoms with Gasteiger partial charge in [-0.15, -0.1) is 0 Å². The van der Waals surface area contributed by atoms with Crippen molar-refractivity contribution in [3.8, 4) is 0 Å². The molecule has 1 aromatic carbocycles. The number of carboxylic acids is 1. The molecule has 0 bridgehead atoms. The topological polar surface area (TPSA) is 57.5 Å². The molecule has 0 saturated carbocycles. The van der Waals surface area contributed by atoms with E-state index in [-0.39, 0.29) is 6.42 Å². The molecule has 80 valence electrons. The summed E-state index contributed by atoms with van der Waals surface area (Å²) in [6.45, 7) is 6.83. The minimum atomic E-state index is -1.07. The summed E-state index contributed by atoms with van der Waals surface area (Å²) in [6.07, 6.45) is 2.01. The second-order valence-electron chi connectivity index (χ2n) is 3.55. The summed E-state index contributed by atoms with van der Waals surface area (Å²) in [5, 5.41) is 9.80. The third kappa shape index (κ3) is 1.75. The van der Waals surface area contributed by atoms with Crippen molar-refractivity contribution in [3.63, 3.8) is 0 Å². The molecule has 0 fully saturated rings. The Balaban J connectivity index is 2.35. The smallest absolute Gasteiger partial charge is 0.388 e. The van der Waals surface area contributed by atoms with E-state index in [2.05, 4.69) is 9.83 Å². The molecule has 1 aromatic heterocycles. The molecule has 2 N–H and O–H groups in total. The monoisotopic (exact) mass is 214 g/mol. The number of carboxylic acid groups (broad SMARTS) is 1. The largest absolute Gasteiger partial charge is 0.476 e. The van der Waals surface area contributed by atoms with E-state index in [0.29, 0.717) is 0 Å². The molecule has 1 unspecified atom stereocenters. The van der Waals surface area contributed by atoms with Crippen LogP contribution in [-0.4, -0.2) is 22.1 Å². The average Bonchev–Trinajstić information content (AvgIpc) is 2.69. The molecular formula is C12H10N2O2. The number of nitrogens with one attached hydrogen (secondary N) is 1. The first-order valence-corrected chi connectivity index (χ1v) is 4.86. The Hall–Kier alpha value is -2.28. The Morgan fingerprint density at radius 3 is 2.94 bits per heavy atom. The van der Waals surface area contributed by atoms with E-state index in [1.165, 1.54) is 0 Å². The summed E-state index contributed by atoms with van der Waals surface area (Å²) < 4.78 is 0. The second-order valence-corrected chi connectivity index (χ2v) is 3.55.